The Bertz CT molecular complexity index is 1370. The van der Waals surface area contributed by atoms with Crippen molar-refractivity contribution in [3.63, 3.8) is 0 Å². The number of rotatable bonds is 5. The van der Waals surface area contributed by atoms with Crippen molar-refractivity contribution in [1.29, 1.82) is 0 Å². The van der Waals surface area contributed by atoms with Crippen LogP contribution in [0, 0.1) is 19.7 Å². The van der Waals surface area contributed by atoms with Crippen molar-refractivity contribution in [2.24, 2.45) is 7.05 Å². The number of anilines is 1. The van der Waals surface area contributed by atoms with Gasteiger partial charge in [-0.15, -0.1) is 0 Å². The number of sulfonamides is 1. The molecule has 3 heterocycles. The fraction of sp³-hybridized carbons (Fsp3) is 0.250. The van der Waals surface area contributed by atoms with E-state index in [9.17, 15) is 8.42 Å². The molecule has 10 heteroatoms. The van der Waals surface area contributed by atoms with E-state index in [2.05, 4.69) is 24.8 Å². The van der Waals surface area contributed by atoms with Crippen molar-refractivity contribution in [1.82, 2.24) is 24.7 Å². The molecule has 1 aromatic carbocycles. The molecule has 3 aromatic heterocycles. The monoisotopic (exact) mass is 428 g/mol. The third-order valence-corrected chi connectivity index (χ3v) is 6.43. The van der Waals surface area contributed by atoms with Gasteiger partial charge in [-0.25, -0.2) is 22.8 Å². The van der Waals surface area contributed by atoms with Crippen LogP contribution in [0.1, 0.15) is 18.3 Å². The lowest BCUT2D eigenvalue weighted by Gasteiger charge is -2.14. The Labute approximate surface area is 173 Å². The molecule has 0 radical (unpaired) electrons. The predicted octanol–water partition coefficient (Wildman–Crippen LogP) is 3.54. The van der Waals surface area contributed by atoms with Crippen molar-refractivity contribution >= 4 is 26.9 Å². The first kappa shape index (κ1) is 20.0. The number of aryl methyl sites for hydroxylation is 2. The molecule has 0 amide bonds. The summed E-state index contributed by atoms with van der Waals surface area (Å²) in [6, 6.07) is 4.67. The standard InChI is InChI=1S/C20H21FN6O2S/c1-5-30(28,29)26-13-8-15(14-6-7-22-20-19(14)23-10-24-20)18(21)16(9-13)17-11(2)25-27(4)12(17)3/h6-10,26H,5H2,1-4H3,(H,22,23,24). The number of fused-ring (bicyclic) bond motifs is 1. The number of nitrogens with zero attached hydrogens (tertiary/aromatic N) is 4. The first-order chi connectivity index (χ1) is 14.2. The zero-order chi connectivity index (χ0) is 21.6. The summed E-state index contributed by atoms with van der Waals surface area (Å²) in [4.78, 5) is 11.3. The zero-order valence-electron chi connectivity index (χ0n) is 17.0. The Morgan fingerprint density at radius 2 is 1.90 bits per heavy atom. The Hall–Kier alpha value is -3.27. The van der Waals surface area contributed by atoms with E-state index in [4.69, 9.17) is 0 Å². The van der Waals surface area contributed by atoms with Crippen molar-refractivity contribution in [3.8, 4) is 22.3 Å². The number of aromatic amines is 1. The molecule has 0 saturated carbocycles. The minimum atomic E-state index is -3.56. The normalized spacial score (nSPS) is 11.9. The van der Waals surface area contributed by atoms with Gasteiger partial charge in [-0.3, -0.25) is 9.40 Å². The summed E-state index contributed by atoms with van der Waals surface area (Å²) in [5.41, 5.74) is 4.38. The highest BCUT2D eigenvalue weighted by molar-refractivity contribution is 7.92. The summed E-state index contributed by atoms with van der Waals surface area (Å²) < 4.78 is 44.5. The molecule has 0 spiro atoms. The van der Waals surface area contributed by atoms with Crippen LogP contribution < -0.4 is 4.72 Å². The number of nitrogens with one attached hydrogen (secondary N) is 2. The molecule has 30 heavy (non-hydrogen) atoms. The van der Waals surface area contributed by atoms with Crippen molar-refractivity contribution in [2.45, 2.75) is 20.8 Å². The Balaban J connectivity index is 2.04. The molecule has 0 aliphatic rings. The van der Waals surface area contributed by atoms with Crippen LogP contribution in [0.3, 0.4) is 0 Å². The molecule has 0 aliphatic heterocycles. The van der Waals surface area contributed by atoms with Crippen molar-refractivity contribution in [2.75, 3.05) is 10.5 Å². The van der Waals surface area contributed by atoms with Crippen LogP contribution in [0.25, 0.3) is 33.4 Å². The fourth-order valence-corrected chi connectivity index (χ4v) is 4.17. The topological polar surface area (TPSA) is 106 Å². The quantitative estimate of drug-likeness (QED) is 0.506. The molecule has 2 N–H and O–H groups in total. The average Bonchev–Trinajstić information content (AvgIpc) is 3.27. The highest BCUT2D eigenvalue weighted by atomic mass is 32.2. The van der Waals surface area contributed by atoms with Crippen LogP contribution in [0.4, 0.5) is 10.1 Å². The molecule has 8 nitrogen and oxygen atoms in total. The highest BCUT2D eigenvalue weighted by Crippen LogP contribution is 2.38. The lowest BCUT2D eigenvalue weighted by atomic mass is 9.96. The number of halogens is 1. The third-order valence-electron chi connectivity index (χ3n) is 5.12. The van der Waals surface area contributed by atoms with E-state index >= 15 is 4.39 Å². The Kier molecular flexibility index (Phi) is 4.81. The summed E-state index contributed by atoms with van der Waals surface area (Å²) in [5.74, 6) is -0.573. The fourth-order valence-electron chi connectivity index (χ4n) is 3.55. The average molecular weight is 428 g/mol. The second-order valence-electron chi connectivity index (χ2n) is 7.02. The maximum Gasteiger partial charge on any atom is 0.232 e. The largest absolute Gasteiger partial charge is 0.343 e. The van der Waals surface area contributed by atoms with E-state index in [1.54, 1.807) is 37.8 Å². The SMILES string of the molecule is CCS(=O)(=O)Nc1cc(-c2c(C)nn(C)c2C)c(F)c(-c2ccnc3nc[nH]c23)c1. The summed E-state index contributed by atoms with van der Waals surface area (Å²) in [6.07, 6.45) is 3.03. The third kappa shape index (κ3) is 3.32. The molecule has 0 fully saturated rings. The first-order valence-electron chi connectivity index (χ1n) is 9.35. The summed E-state index contributed by atoms with van der Waals surface area (Å²) in [5, 5.41) is 4.38. The van der Waals surface area contributed by atoms with Gasteiger partial charge in [0.15, 0.2) is 5.65 Å². The second-order valence-corrected chi connectivity index (χ2v) is 9.03. The molecule has 4 rings (SSSR count). The molecule has 0 bridgehead atoms. The minimum absolute atomic E-state index is 0.0972. The summed E-state index contributed by atoms with van der Waals surface area (Å²) in [7, 11) is -1.77. The molecule has 0 atom stereocenters. The number of aromatic nitrogens is 5. The molecular formula is C20H21FN6O2S. The van der Waals surface area contributed by atoms with Crippen molar-refractivity contribution in [3.05, 3.63) is 47.9 Å². The van der Waals surface area contributed by atoms with Gasteiger partial charge in [-0.2, -0.15) is 5.10 Å². The molecular weight excluding hydrogens is 407 g/mol. The van der Waals surface area contributed by atoms with Gasteiger partial charge >= 0.3 is 0 Å². The minimum Gasteiger partial charge on any atom is -0.343 e. The van der Waals surface area contributed by atoms with Gasteiger partial charge in [0.1, 0.15) is 5.82 Å². The molecule has 4 aromatic rings. The highest BCUT2D eigenvalue weighted by Gasteiger charge is 2.22. The Morgan fingerprint density at radius 3 is 2.57 bits per heavy atom. The van der Waals surface area contributed by atoms with E-state index in [0.717, 1.165) is 5.69 Å². The number of hydrogen-bond acceptors (Lipinski definition) is 5. The number of pyridine rings is 1. The smallest absolute Gasteiger partial charge is 0.232 e. The van der Waals surface area contributed by atoms with Crippen LogP contribution >= 0.6 is 0 Å². The van der Waals surface area contributed by atoms with Crippen LogP contribution in [-0.2, 0) is 17.1 Å². The van der Waals surface area contributed by atoms with Gasteiger partial charge in [0.05, 0.1) is 23.3 Å². The molecule has 156 valence electrons. The van der Waals surface area contributed by atoms with Gasteiger partial charge < -0.3 is 4.98 Å². The zero-order valence-corrected chi connectivity index (χ0v) is 17.8. The predicted molar refractivity (Wildman–Crippen MR) is 114 cm³/mol. The Morgan fingerprint density at radius 1 is 1.17 bits per heavy atom. The first-order valence-corrected chi connectivity index (χ1v) is 11.0. The van der Waals surface area contributed by atoms with E-state index in [-0.39, 0.29) is 22.6 Å². The van der Waals surface area contributed by atoms with Crippen LogP contribution in [-0.4, -0.2) is 38.9 Å². The lowest BCUT2D eigenvalue weighted by Crippen LogP contribution is -2.15. The van der Waals surface area contributed by atoms with Gasteiger partial charge in [-0.05, 0) is 39.0 Å². The van der Waals surface area contributed by atoms with Crippen LogP contribution in [0.2, 0.25) is 0 Å². The maximum absolute atomic E-state index is 15.9. The molecule has 0 aliphatic carbocycles. The van der Waals surface area contributed by atoms with Crippen molar-refractivity contribution < 1.29 is 12.8 Å². The van der Waals surface area contributed by atoms with E-state index < -0.39 is 15.8 Å². The van der Waals surface area contributed by atoms with E-state index in [1.807, 2.05) is 6.92 Å². The molecule has 0 unspecified atom stereocenters. The summed E-state index contributed by atoms with van der Waals surface area (Å²) >= 11 is 0. The van der Waals surface area contributed by atoms with Gasteiger partial charge in [0.2, 0.25) is 10.0 Å². The molecule has 0 saturated heterocycles. The van der Waals surface area contributed by atoms with Gasteiger partial charge in [0.25, 0.3) is 0 Å². The second kappa shape index (κ2) is 7.21. The number of imidazole rings is 1. The number of benzene rings is 1. The van der Waals surface area contributed by atoms with E-state index in [0.29, 0.717) is 28.0 Å². The van der Waals surface area contributed by atoms with E-state index in [1.165, 1.54) is 18.5 Å². The lowest BCUT2D eigenvalue weighted by molar-refractivity contribution is 0.602. The van der Waals surface area contributed by atoms with Gasteiger partial charge in [0, 0.05) is 46.9 Å². The van der Waals surface area contributed by atoms with Crippen LogP contribution in [0.15, 0.2) is 30.7 Å². The van der Waals surface area contributed by atoms with Crippen LogP contribution in [0.5, 0.6) is 0 Å². The number of H-pyrrole nitrogens is 1. The number of hydrogen-bond donors (Lipinski definition) is 2. The van der Waals surface area contributed by atoms with Gasteiger partial charge in [-0.1, -0.05) is 0 Å². The summed E-state index contributed by atoms with van der Waals surface area (Å²) in [6.45, 7) is 5.18. The maximum atomic E-state index is 15.9.